The molecule has 4 N–H and O–H groups in total. The summed E-state index contributed by atoms with van der Waals surface area (Å²) in [5.41, 5.74) is -0.534. The Labute approximate surface area is 680 Å². The normalized spacial score (nSPS) is 13.5. The van der Waals surface area contributed by atoms with Crippen LogP contribution in [0.1, 0.15) is 567 Å². The van der Waals surface area contributed by atoms with E-state index in [0.29, 0.717) is 25.7 Å². The zero-order chi connectivity index (χ0) is 76.5. The van der Waals surface area contributed by atoms with Crippen LogP contribution >= 0.6 is 48.9 Å². The highest BCUT2D eigenvalue weighted by Crippen LogP contribution is 2.49. The topological polar surface area (TPSA) is 80.9 Å². The molecule has 0 aromatic rings. The Morgan fingerprint density at radius 2 is 0.248 bits per heavy atom. The van der Waals surface area contributed by atoms with E-state index in [0.717, 1.165) is 77.0 Å². The van der Waals surface area contributed by atoms with Gasteiger partial charge in [0.1, 0.15) is 0 Å². The molecule has 0 aliphatic rings. The number of aliphatic hydroxyl groups is 4. The third-order valence-corrected chi connectivity index (χ3v) is 26.1. The SMILES string of the molecule is CCCCCCCCCCCCCCCCCCCCCC(CC(CC(CCCCCCCCCCCCCCCCCCCCC)C(O)=S)(CC(CCCCCCCCCCCCCCCCCCCCC)C(O)=S)CC(CCCCCCCCCCCCCCCCCCCCC)C(O)=S)C(O)=S. The van der Waals surface area contributed by atoms with Gasteiger partial charge in [0.15, 0.2) is 20.2 Å². The Morgan fingerprint density at radius 3 is 0.333 bits per heavy atom. The van der Waals surface area contributed by atoms with Crippen LogP contribution < -0.4 is 0 Å². The van der Waals surface area contributed by atoms with Crippen LogP contribution in [-0.4, -0.2) is 40.6 Å². The van der Waals surface area contributed by atoms with Gasteiger partial charge in [0, 0.05) is 23.7 Å². The van der Waals surface area contributed by atoms with Gasteiger partial charge >= 0.3 is 0 Å². The second-order valence-corrected chi connectivity index (χ2v) is 36.7. The largest absolute Gasteiger partial charge is 0.502 e. The van der Waals surface area contributed by atoms with E-state index >= 15 is 0 Å². The third kappa shape index (κ3) is 74.7. The monoisotopic (exact) mass is 1550 g/mol. The van der Waals surface area contributed by atoms with Gasteiger partial charge < -0.3 is 20.4 Å². The Morgan fingerprint density at radius 1 is 0.162 bits per heavy atom. The average molecular weight is 1550 g/mol. The van der Waals surface area contributed by atoms with Gasteiger partial charge in [0.25, 0.3) is 0 Å². The summed E-state index contributed by atoms with van der Waals surface area (Å²) in [6.45, 7) is 9.21. The van der Waals surface area contributed by atoms with Gasteiger partial charge in [-0.15, -0.1) is 0 Å². The minimum atomic E-state index is -0.534. The van der Waals surface area contributed by atoms with Gasteiger partial charge in [-0.2, -0.15) is 0 Å². The van der Waals surface area contributed by atoms with E-state index in [4.69, 9.17) is 48.9 Å². The molecule has 4 atom stereocenters. The van der Waals surface area contributed by atoms with Gasteiger partial charge in [-0.3, -0.25) is 0 Å². The van der Waals surface area contributed by atoms with Gasteiger partial charge in [-0.05, 0) is 106 Å². The number of unbranched alkanes of at least 4 members (excludes halogenated alkanes) is 72. The summed E-state index contributed by atoms with van der Waals surface area (Å²) in [6.07, 6.45) is 107. The molecule has 0 amide bonds. The molecule has 0 spiro atoms. The van der Waals surface area contributed by atoms with Crippen LogP contribution in [0.25, 0.3) is 0 Å². The van der Waals surface area contributed by atoms with E-state index in [1.54, 1.807) is 0 Å². The predicted octanol–water partition coefficient (Wildman–Crippen LogP) is 36.8. The average Bonchev–Trinajstić information content (AvgIpc) is 0.805. The van der Waals surface area contributed by atoms with E-state index in [9.17, 15) is 20.4 Å². The van der Waals surface area contributed by atoms with E-state index in [-0.39, 0.29) is 43.9 Å². The van der Waals surface area contributed by atoms with Crippen molar-refractivity contribution in [1.82, 2.24) is 0 Å². The van der Waals surface area contributed by atoms with Crippen molar-refractivity contribution in [3.8, 4) is 0 Å². The van der Waals surface area contributed by atoms with Crippen LogP contribution in [0.5, 0.6) is 0 Å². The highest BCUT2D eigenvalue weighted by atomic mass is 32.1. The van der Waals surface area contributed by atoms with Crippen molar-refractivity contribution in [2.75, 3.05) is 0 Å². The Bertz CT molecular complexity index is 1540. The minimum absolute atomic E-state index is 0.0765. The number of rotatable bonds is 92. The number of hydrogen-bond acceptors (Lipinski definition) is 4. The van der Waals surface area contributed by atoms with Crippen LogP contribution in [0.3, 0.4) is 0 Å². The molecule has 0 radical (unpaired) electrons. The summed E-state index contributed by atoms with van der Waals surface area (Å²) in [4.78, 5) is 0. The molecule has 4 unspecified atom stereocenters. The van der Waals surface area contributed by atoms with Crippen LogP contribution in [0.15, 0.2) is 0 Å². The quantitative estimate of drug-likeness (QED) is 0.0354. The Balaban J connectivity index is 6.14. The molecule has 0 saturated heterocycles. The fraction of sp³-hybridized carbons (Fsp3) is 0.959. The van der Waals surface area contributed by atoms with E-state index in [1.165, 1.54) is 437 Å². The Kier molecular flexibility index (Phi) is 84.1. The van der Waals surface area contributed by atoms with Crippen LogP contribution in [0, 0.1) is 29.1 Å². The Hall–Kier alpha value is -0.440. The number of aliphatic hydroxyl groups excluding tert-OH is 4. The highest BCUT2D eigenvalue weighted by Gasteiger charge is 2.42. The van der Waals surface area contributed by atoms with Crippen molar-refractivity contribution in [2.45, 2.75) is 567 Å². The summed E-state index contributed by atoms with van der Waals surface area (Å²) in [5.74, 6) is -0.892. The smallest absolute Gasteiger partial charge is 0.159 e. The van der Waals surface area contributed by atoms with Crippen LogP contribution in [-0.2, 0) is 0 Å². The molecular weight excluding hydrogens is 1360 g/mol. The third-order valence-electron chi connectivity index (χ3n) is 24.7. The first-order valence-corrected chi connectivity index (χ1v) is 50.0. The molecule has 0 heterocycles. The molecule has 105 heavy (non-hydrogen) atoms. The van der Waals surface area contributed by atoms with Crippen molar-refractivity contribution in [1.29, 1.82) is 0 Å². The molecule has 0 rings (SSSR count). The van der Waals surface area contributed by atoms with Crippen molar-refractivity contribution < 1.29 is 20.4 Å². The second-order valence-electron chi connectivity index (χ2n) is 35.1. The molecule has 0 aromatic carbocycles. The van der Waals surface area contributed by atoms with E-state index in [1.807, 2.05) is 0 Å². The summed E-state index contributed by atoms with van der Waals surface area (Å²) in [7, 11) is 0. The molecule has 0 bridgehead atoms. The summed E-state index contributed by atoms with van der Waals surface area (Å²) >= 11 is 23.6. The maximum atomic E-state index is 11.7. The lowest BCUT2D eigenvalue weighted by atomic mass is 9.62. The molecule has 0 aliphatic heterocycles. The molecule has 8 heteroatoms. The van der Waals surface area contributed by atoms with Gasteiger partial charge in [0.05, 0.1) is 0 Å². The maximum absolute atomic E-state index is 11.7. The fourth-order valence-corrected chi connectivity index (χ4v) is 18.5. The van der Waals surface area contributed by atoms with Gasteiger partial charge in [0.2, 0.25) is 0 Å². The lowest BCUT2D eigenvalue weighted by Gasteiger charge is -2.43. The van der Waals surface area contributed by atoms with E-state index in [2.05, 4.69) is 27.7 Å². The maximum Gasteiger partial charge on any atom is 0.159 e. The van der Waals surface area contributed by atoms with Crippen LogP contribution in [0.2, 0.25) is 0 Å². The molecule has 624 valence electrons. The second kappa shape index (κ2) is 84.5. The molecule has 0 aromatic heterocycles. The first-order chi connectivity index (χ1) is 51.5. The van der Waals surface area contributed by atoms with Crippen molar-refractivity contribution in [2.24, 2.45) is 29.1 Å². The zero-order valence-electron chi connectivity index (χ0n) is 71.6. The minimum Gasteiger partial charge on any atom is -0.502 e. The lowest BCUT2D eigenvalue weighted by Crippen LogP contribution is -2.37. The fourth-order valence-electron chi connectivity index (χ4n) is 17.7. The first-order valence-electron chi connectivity index (χ1n) is 48.4. The highest BCUT2D eigenvalue weighted by molar-refractivity contribution is 7.80. The molecule has 0 saturated carbocycles. The van der Waals surface area contributed by atoms with Crippen molar-refractivity contribution >= 4 is 69.1 Å². The summed E-state index contributed by atoms with van der Waals surface area (Å²) in [5, 5.41) is 47.1. The van der Waals surface area contributed by atoms with Crippen LogP contribution in [0.4, 0.5) is 0 Å². The zero-order valence-corrected chi connectivity index (χ0v) is 74.9. The molecule has 0 fully saturated rings. The molecule has 4 nitrogen and oxygen atoms in total. The number of thiocarbonyl (C=S) groups is 4. The van der Waals surface area contributed by atoms with Crippen molar-refractivity contribution in [3.63, 3.8) is 0 Å². The predicted molar refractivity (Wildman–Crippen MR) is 488 cm³/mol. The summed E-state index contributed by atoms with van der Waals surface area (Å²) < 4.78 is 0. The molecular formula is C97H188O4S4. The van der Waals surface area contributed by atoms with Gasteiger partial charge in [-0.1, -0.05) is 516 Å². The number of hydrogen-bond donors (Lipinski definition) is 4. The lowest BCUT2D eigenvalue weighted by molar-refractivity contribution is 0.112. The molecule has 0 aliphatic carbocycles. The van der Waals surface area contributed by atoms with Crippen molar-refractivity contribution in [3.05, 3.63) is 0 Å². The van der Waals surface area contributed by atoms with E-state index < -0.39 is 5.41 Å². The standard InChI is InChI=1S/C97H188O4S4/c1-5-9-13-17-21-25-29-33-37-41-45-49-53-57-61-65-69-73-77-81-89(93(98)102)85-97(86-90(94(99)103)82-78-74-70-66-62-58-54-50-46-42-38-34-30-26-22-18-14-10-6-2,87-91(95(100)104)83-79-75-71-67-63-59-55-51-47-43-39-35-31-27-23-19-15-11-7-3)88-92(96(101)105)84-80-76-72-68-64-60-56-52-48-44-40-36-32-28-24-20-16-12-8-4/h89-92H,5-88H2,1-4H3,(H,98,102)(H,99,103)(H,100,104)(H,101,105). The first kappa shape index (κ1) is 105. The van der Waals surface area contributed by atoms with Gasteiger partial charge in [-0.25, -0.2) is 0 Å². The summed E-state index contributed by atoms with van der Waals surface area (Å²) in [6, 6.07) is 0.